The normalized spacial score (nSPS) is 10.7. The minimum absolute atomic E-state index is 0.137. The van der Waals surface area contributed by atoms with Crippen LogP contribution in [0, 0.1) is 6.92 Å². The standard InChI is InChI=1S/C25H22N2O6/c1-16-11-24(29)33-22-12-19(8-9-21(16)22)32-15-17-4-6-18(7-5-17)25(30)27-14-23(28)26-13-20-3-2-10-31-20/h2-12H,13-15H2,1H3,(H,26,28)(H,27,30). The first-order valence-corrected chi connectivity index (χ1v) is 10.3. The first kappa shape index (κ1) is 21.9. The van der Waals surface area contributed by atoms with Gasteiger partial charge in [0.05, 0.1) is 19.4 Å². The van der Waals surface area contributed by atoms with Gasteiger partial charge in [-0.25, -0.2) is 4.79 Å². The number of amides is 2. The Morgan fingerprint density at radius 2 is 1.82 bits per heavy atom. The average Bonchev–Trinajstić information content (AvgIpc) is 3.33. The molecule has 4 rings (SSSR count). The van der Waals surface area contributed by atoms with Gasteiger partial charge in [0.15, 0.2) is 0 Å². The lowest BCUT2D eigenvalue weighted by atomic mass is 10.1. The number of carbonyl (C=O) groups excluding carboxylic acids is 2. The van der Waals surface area contributed by atoms with Gasteiger partial charge < -0.3 is 24.2 Å². The number of fused-ring (bicyclic) bond motifs is 1. The predicted molar refractivity (Wildman–Crippen MR) is 121 cm³/mol. The summed E-state index contributed by atoms with van der Waals surface area (Å²) in [6.07, 6.45) is 1.53. The molecule has 0 aliphatic carbocycles. The fourth-order valence-corrected chi connectivity index (χ4v) is 3.24. The Kier molecular flexibility index (Phi) is 6.54. The second-order valence-corrected chi connectivity index (χ2v) is 7.43. The van der Waals surface area contributed by atoms with E-state index in [0.29, 0.717) is 22.7 Å². The predicted octanol–water partition coefficient (Wildman–Crippen LogP) is 3.32. The Morgan fingerprint density at radius 3 is 2.58 bits per heavy atom. The lowest BCUT2D eigenvalue weighted by Crippen LogP contribution is -2.36. The van der Waals surface area contributed by atoms with Gasteiger partial charge in [0, 0.05) is 23.1 Å². The van der Waals surface area contributed by atoms with Gasteiger partial charge in [0.25, 0.3) is 5.91 Å². The molecule has 4 aromatic rings. The lowest BCUT2D eigenvalue weighted by molar-refractivity contribution is -0.120. The molecule has 2 heterocycles. The van der Waals surface area contributed by atoms with Crippen LogP contribution in [-0.4, -0.2) is 18.4 Å². The molecular formula is C25H22N2O6. The molecule has 2 amide bonds. The van der Waals surface area contributed by atoms with Gasteiger partial charge in [0.1, 0.15) is 23.7 Å². The molecule has 8 heteroatoms. The zero-order valence-electron chi connectivity index (χ0n) is 17.9. The highest BCUT2D eigenvalue weighted by Gasteiger charge is 2.09. The maximum atomic E-state index is 12.3. The van der Waals surface area contributed by atoms with E-state index in [9.17, 15) is 14.4 Å². The second kappa shape index (κ2) is 9.86. The van der Waals surface area contributed by atoms with E-state index < -0.39 is 5.63 Å². The minimum Gasteiger partial charge on any atom is -0.489 e. The molecule has 0 aliphatic heterocycles. The molecule has 33 heavy (non-hydrogen) atoms. The van der Waals surface area contributed by atoms with Crippen molar-refractivity contribution in [1.82, 2.24) is 10.6 Å². The van der Waals surface area contributed by atoms with Crippen molar-refractivity contribution in [2.75, 3.05) is 6.54 Å². The number of hydrogen-bond donors (Lipinski definition) is 2. The van der Waals surface area contributed by atoms with E-state index in [1.165, 1.54) is 12.3 Å². The number of aryl methyl sites for hydroxylation is 1. The second-order valence-electron chi connectivity index (χ2n) is 7.43. The molecular weight excluding hydrogens is 424 g/mol. The largest absolute Gasteiger partial charge is 0.489 e. The van der Waals surface area contributed by atoms with Gasteiger partial charge in [-0.05, 0) is 54.4 Å². The molecule has 0 spiro atoms. The molecule has 168 valence electrons. The number of rotatable bonds is 8. The first-order valence-electron chi connectivity index (χ1n) is 10.3. The van der Waals surface area contributed by atoms with Crippen LogP contribution < -0.4 is 21.0 Å². The quantitative estimate of drug-likeness (QED) is 0.402. The molecule has 8 nitrogen and oxygen atoms in total. The van der Waals surface area contributed by atoms with Crippen molar-refractivity contribution in [1.29, 1.82) is 0 Å². The van der Waals surface area contributed by atoms with Crippen LogP contribution >= 0.6 is 0 Å². The molecule has 2 aromatic carbocycles. The number of hydrogen-bond acceptors (Lipinski definition) is 6. The monoisotopic (exact) mass is 446 g/mol. The summed E-state index contributed by atoms with van der Waals surface area (Å²) in [5.41, 5.74) is 2.20. The number of carbonyl (C=O) groups is 2. The van der Waals surface area contributed by atoms with Crippen molar-refractivity contribution in [3.63, 3.8) is 0 Å². The van der Waals surface area contributed by atoms with Crippen molar-refractivity contribution < 1.29 is 23.2 Å². The summed E-state index contributed by atoms with van der Waals surface area (Å²) in [5.74, 6) is 0.538. The minimum atomic E-state index is -0.402. The maximum absolute atomic E-state index is 12.3. The molecule has 0 bridgehead atoms. The van der Waals surface area contributed by atoms with Gasteiger partial charge in [-0.3, -0.25) is 9.59 Å². The van der Waals surface area contributed by atoms with Crippen LogP contribution in [0.5, 0.6) is 5.75 Å². The van der Waals surface area contributed by atoms with Gasteiger partial charge in [0.2, 0.25) is 5.91 Å². The Bertz CT molecular complexity index is 1320. The van der Waals surface area contributed by atoms with Crippen molar-refractivity contribution in [2.24, 2.45) is 0 Å². The molecule has 0 atom stereocenters. The smallest absolute Gasteiger partial charge is 0.336 e. The Labute approximate surface area is 189 Å². The van der Waals surface area contributed by atoms with Gasteiger partial charge in [-0.2, -0.15) is 0 Å². The first-order chi connectivity index (χ1) is 16.0. The van der Waals surface area contributed by atoms with E-state index in [2.05, 4.69) is 10.6 Å². The highest BCUT2D eigenvalue weighted by molar-refractivity contribution is 5.96. The number of ether oxygens (including phenoxy) is 1. The Balaban J connectivity index is 1.28. The SMILES string of the molecule is Cc1cc(=O)oc2cc(OCc3ccc(C(=O)NCC(=O)NCc4ccco4)cc3)ccc12. The molecule has 0 unspecified atom stereocenters. The Morgan fingerprint density at radius 1 is 1.00 bits per heavy atom. The molecule has 2 aromatic heterocycles. The summed E-state index contributed by atoms with van der Waals surface area (Å²) in [4.78, 5) is 35.7. The highest BCUT2D eigenvalue weighted by atomic mass is 16.5. The van der Waals surface area contributed by atoms with Gasteiger partial charge >= 0.3 is 5.63 Å². The third-order valence-corrected chi connectivity index (χ3v) is 4.99. The molecule has 0 fully saturated rings. The number of nitrogens with one attached hydrogen (secondary N) is 2. The molecule has 0 aliphatic rings. The Hall–Kier alpha value is -4.33. The van der Waals surface area contributed by atoms with Gasteiger partial charge in [-0.1, -0.05) is 12.1 Å². The fourth-order valence-electron chi connectivity index (χ4n) is 3.24. The van der Waals surface area contributed by atoms with E-state index in [4.69, 9.17) is 13.6 Å². The van der Waals surface area contributed by atoms with Crippen molar-refractivity contribution in [3.05, 3.63) is 99.8 Å². The number of furan rings is 1. The maximum Gasteiger partial charge on any atom is 0.336 e. The van der Waals surface area contributed by atoms with E-state index >= 15 is 0 Å². The summed E-state index contributed by atoms with van der Waals surface area (Å²) in [5, 5.41) is 6.10. The zero-order valence-corrected chi connectivity index (χ0v) is 17.9. The third-order valence-electron chi connectivity index (χ3n) is 4.99. The van der Waals surface area contributed by atoms with Crippen LogP contribution in [0.25, 0.3) is 11.0 Å². The summed E-state index contributed by atoms with van der Waals surface area (Å²) in [7, 11) is 0. The zero-order chi connectivity index (χ0) is 23.2. The molecule has 0 radical (unpaired) electrons. The van der Waals surface area contributed by atoms with Crippen LogP contribution in [0.4, 0.5) is 0 Å². The van der Waals surface area contributed by atoms with E-state index in [-0.39, 0.29) is 31.5 Å². The summed E-state index contributed by atoms with van der Waals surface area (Å²) < 4.78 is 16.2. The van der Waals surface area contributed by atoms with Crippen LogP contribution in [0.2, 0.25) is 0 Å². The third kappa shape index (κ3) is 5.68. The van der Waals surface area contributed by atoms with Crippen molar-refractivity contribution in [2.45, 2.75) is 20.1 Å². The summed E-state index contributed by atoms with van der Waals surface area (Å²) >= 11 is 0. The van der Waals surface area contributed by atoms with Crippen LogP contribution in [-0.2, 0) is 17.9 Å². The fraction of sp³-hybridized carbons (Fsp3) is 0.160. The van der Waals surface area contributed by atoms with Crippen molar-refractivity contribution >= 4 is 22.8 Å². The van der Waals surface area contributed by atoms with E-state index in [1.54, 1.807) is 42.5 Å². The van der Waals surface area contributed by atoms with Gasteiger partial charge in [-0.15, -0.1) is 0 Å². The lowest BCUT2D eigenvalue weighted by Gasteiger charge is -2.09. The molecule has 0 saturated carbocycles. The highest BCUT2D eigenvalue weighted by Crippen LogP contribution is 2.23. The number of benzene rings is 2. The molecule has 0 saturated heterocycles. The van der Waals surface area contributed by atoms with E-state index in [0.717, 1.165) is 16.5 Å². The molecule has 2 N–H and O–H groups in total. The van der Waals surface area contributed by atoms with Crippen LogP contribution in [0.1, 0.15) is 27.2 Å². The van der Waals surface area contributed by atoms with Crippen LogP contribution in [0.3, 0.4) is 0 Å². The van der Waals surface area contributed by atoms with Crippen molar-refractivity contribution in [3.8, 4) is 5.75 Å². The topological polar surface area (TPSA) is 111 Å². The summed E-state index contributed by atoms with van der Waals surface area (Å²) in [6.45, 7) is 2.25. The average molecular weight is 446 g/mol. The van der Waals surface area contributed by atoms with Crippen LogP contribution in [0.15, 0.2) is 80.6 Å². The summed E-state index contributed by atoms with van der Waals surface area (Å²) in [6, 6.07) is 17.2. The van der Waals surface area contributed by atoms with E-state index in [1.807, 2.05) is 19.1 Å².